The molecule has 1 unspecified atom stereocenters. The molecule has 0 bridgehead atoms. The van der Waals surface area contributed by atoms with E-state index in [0.29, 0.717) is 23.6 Å². The molecule has 1 amide bonds. The molecule has 1 aromatic rings. The van der Waals surface area contributed by atoms with Gasteiger partial charge in [0.25, 0.3) is 5.91 Å². The molecule has 1 aromatic heterocycles. The Kier molecular flexibility index (Phi) is 3.61. The van der Waals surface area contributed by atoms with Crippen LogP contribution in [0.15, 0.2) is 4.42 Å². The Labute approximate surface area is 110 Å². The number of furan rings is 1. The van der Waals surface area contributed by atoms with E-state index in [1.807, 2.05) is 6.92 Å². The summed E-state index contributed by atoms with van der Waals surface area (Å²) < 4.78 is 10.5. The molecule has 1 atom stereocenters. The van der Waals surface area contributed by atoms with Crippen molar-refractivity contribution in [1.82, 2.24) is 4.90 Å². The summed E-state index contributed by atoms with van der Waals surface area (Å²) in [4.78, 5) is 24.9. The first kappa shape index (κ1) is 13.6. The van der Waals surface area contributed by atoms with Crippen LogP contribution in [0.4, 0.5) is 0 Å². The Morgan fingerprint density at radius 1 is 1.26 bits per heavy atom. The molecule has 1 aliphatic heterocycles. The van der Waals surface area contributed by atoms with Crippen molar-refractivity contribution in [2.45, 2.75) is 26.9 Å². The van der Waals surface area contributed by atoms with E-state index < -0.39 is 12.1 Å². The molecule has 1 N–H and O–H groups in total. The maximum absolute atomic E-state index is 12.4. The van der Waals surface area contributed by atoms with Crippen LogP contribution in [0.5, 0.6) is 0 Å². The van der Waals surface area contributed by atoms with Gasteiger partial charge in [0.15, 0.2) is 6.10 Å². The van der Waals surface area contributed by atoms with E-state index >= 15 is 0 Å². The number of rotatable bonds is 2. The van der Waals surface area contributed by atoms with E-state index in [1.54, 1.807) is 13.8 Å². The zero-order valence-electron chi connectivity index (χ0n) is 11.2. The molecule has 0 radical (unpaired) electrons. The number of morpholine rings is 1. The minimum atomic E-state index is -1.05. The summed E-state index contributed by atoms with van der Waals surface area (Å²) >= 11 is 0. The molecular weight excluding hydrogens is 250 g/mol. The van der Waals surface area contributed by atoms with E-state index in [0.717, 1.165) is 5.56 Å². The van der Waals surface area contributed by atoms with E-state index in [-0.39, 0.29) is 19.1 Å². The molecular formula is C13H17NO5. The molecule has 1 fully saturated rings. The molecule has 0 aromatic carbocycles. The smallest absolute Gasteiger partial charge is 0.334 e. The molecule has 19 heavy (non-hydrogen) atoms. The number of carbonyl (C=O) groups is 2. The number of hydrogen-bond acceptors (Lipinski definition) is 4. The number of carboxylic acids is 1. The molecule has 2 rings (SSSR count). The van der Waals surface area contributed by atoms with Gasteiger partial charge in [-0.3, -0.25) is 4.79 Å². The normalized spacial score (nSPS) is 19.5. The van der Waals surface area contributed by atoms with Gasteiger partial charge >= 0.3 is 5.97 Å². The molecule has 2 heterocycles. The largest absolute Gasteiger partial charge is 0.479 e. The van der Waals surface area contributed by atoms with Crippen molar-refractivity contribution in [3.8, 4) is 0 Å². The fourth-order valence-corrected chi connectivity index (χ4v) is 2.25. The van der Waals surface area contributed by atoms with Crippen LogP contribution in [0.2, 0.25) is 0 Å². The van der Waals surface area contributed by atoms with Crippen LogP contribution in [0.1, 0.15) is 27.4 Å². The first-order valence-electron chi connectivity index (χ1n) is 6.12. The standard InChI is InChI=1S/C13H17NO5/c1-7-8(2)19-9(3)11(7)12(15)14-4-5-18-10(6-14)13(16)17/h10H,4-6H2,1-3H3,(H,16,17). The minimum absolute atomic E-state index is 0.0667. The van der Waals surface area contributed by atoms with Crippen molar-refractivity contribution >= 4 is 11.9 Å². The van der Waals surface area contributed by atoms with Gasteiger partial charge in [0.05, 0.1) is 18.7 Å². The quantitative estimate of drug-likeness (QED) is 0.868. The zero-order chi connectivity index (χ0) is 14.2. The van der Waals surface area contributed by atoms with Gasteiger partial charge in [-0.15, -0.1) is 0 Å². The monoisotopic (exact) mass is 267 g/mol. The molecule has 0 spiro atoms. The lowest BCUT2D eigenvalue weighted by Crippen LogP contribution is -2.48. The second-order valence-corrected chi connectivity index (χ2v) is 4.66. The van der Waals surface area contributed by atoms with Crippen LogP contribution < -0.4 is 0 Å². The third-order valence-corrected chi connectivity index (χ3v) is 3.40. The predicted molar refractivity (Wildman–Crippen MR) is 66.2 cm³/mol. The summed E-state index contributed by atoms with van der Waals surface area (Å²) in [6, 6.07) is 0. The summed E-state index contributed by atoms with van der Waals surface area (Å²) in [5.41, 5.74) is 1.34. The van der Waals surface area contributed by atoms with Crippen molar-refractivity contribution in [2.75, 3.05) is 19.7 Å². The Morgan fingerprint density at radius 3 is 2.47 bits per heavy atom. The first-order chi connectivity index (χ1) is 8.91. The minimum Gasteiger partial charge on any atom is -0.479 e. The predicted octanol–water partition coefficient (Wildman–Crippen LogP) is 1.13. The number of ether oxygens (including phenoxy) is 1. The summed E-state index contributed by atoms with van der Waals surface area (Å²) in [5.74, 6) is 0.0398. The first-order valence-corrected chi connectivity index (χ1v) is 6.12. The van der Waals surface area contributed by atoms with Crippen LogP contribution in [0.25, 0.3) is 0 Å². The molecule has 6 nitrogen and oxygen atoms in total. The molecule has 1 aliphatic rings. The topological polar surface area (TPSA) is 80.0 Å². The average Bonchev–Trinajstić information content (AvgIpc) is 2.62. The third kappa shape index (κ3) is 2.49. The van der Waals surface area contributed by atoms with Gasteiger partial charge in [-0.2, -0.15) is 0 Å². The number of amides is 1. The fraction of sp³-hybridized carbons (Fsp3) is 0.538. The van der Waals surface area contributed by atoms with Gasteiger partial charge in [-0.1, -0.05) is 0 Å². The lowest BCUT2D eigenvalue weighted by atomic mass is 10.1. The fourth-order valence-electron chi connectivity index (χ4n) is 2.25. The van der Waals surface area contributed by atoms with Crippen LogP contribution in [-0.4, -0.2) is 47.7 Å². The second-order valence-electron chi connectivity index (χ2n) is 4.66. The van der Waals surface area contributed by atoms with Gasteiger partial charge in [0.1, 0.15) is 11.5 Å². The summed E-state index contributed by atoms with van der Waals surface area (Å²) in [5, 5.41) is 8.94. The van der Waals surface area contributed by atoms with Gasteiger partial charge in [0, 0.05) is 12.1 Å². The summed E-state index contributed by atoms with van der Waals surface area (Å²) in [7, 11) is 0. The number of hydrogen-bond donors (Lipinski definition) is 1. The summed E-state index contributed by atoms with van der Waals surface area (Å²) in [6.45, 7) is 6.07. The average molecular weight is 267 g/mol. The molecule has 6 heteroatoms. The number of nitrogens with zero attached hydrogens (tertiary/aromatic N) is 1. The molecule has 0 aliphatic carbocycles. The van der Waals surface area contributed by atoms with E-state index in [4.69, 9.17) is 14.3 Å². The van der Waals surface area contributed by atoms with Crippen LogP contribution in [0.3, 0.4) is 0 Å². The lowest BCUT2D eigenvalue weighted by molar-refractivity contribution is -0.154. The number of aryl methyl sites for hydroxylation is 2. The molecule has 104 valence electrons. The number of carboxylic acid groups (broad SMARTS) is 1. The second kappa shape index (κ2) is 5.05. The maximum Gasteiger partial charge on any atom is 0.334 e. The highest BCUT2D eigenvalue weighted by Gasteiger charge is 2.31. The van der Waals surface area contributed by atoms with E-state index in [9.17, 15) is 9.59 Å². The van der Waals surface area contributed by atoms with Crippen molar-refractivity contribution in [3.63, 3.8) is 0 Å². The number of carbonyl (C=O) groups excluding carboxylic acids is 1. The number of aliphatic carboxylic acids is 1. The van der Waals surface area contributed by atoms with E-state index in [2.05, 4.69) is 0 Å². The van der Waals surface area contributed by atoms with Crippen molar-refractivity contribution in [3.05, 3.63) is 22.6 Å². The van der Waals surface area contributed by atoms with Gasteiger partial charge in [0.2, 0.25) is 0 Å². The lowest BCUT2D eigenvalue weighted by Gasteiger charge is -2.30. The highest BCUT2D eigenvalue weighted by Crippen LogP contribution is 2.23. The maximum atomic E-state index is 12.4. The third-order valence-electron chi connectivity index (χ3n) is 3.40. The Hall–Kier alpha value is -1.82. The van der Waals surface area contributed by atoms with Gasteiger partial charge in [-0.05, 0) is 20.8 Å². The Balaban J connectivity index is 2.22. The van der Waals surface area contributed by atoms with Crippen LogP contribution >= 0.6 is 0 Å². The summed E-state index contributed by atoms with van der Waals surface area (Å²) in [6.07, 6.45) is -0.952. The molecule has 0 saturated carbocycles. The Bertz CT molecular complexity index is 519. The van der Waals surface area contributed by atoms with E-state index in [1.165, 1.54) is 4.90 Å². The Morgan fingerprint density at radius 2 is 1.95 bits per heavy atom. The van der Waals surface area contributed by atoms with Crippen LogP contribution in [0, 0.1) is 20.8 Å². The van der Waals surface area contributed by atoms with Gasteiger partial charge < -0.3 is 19.2 Å². The SMILES string of the molecule is Cc1oc(C)c(C(=O)N2CCOC(C(=O)O)C2)c1C. The van der Waals surface area contributed by atoms with Crippen LogP contribution in [-0.2, 0) is 9.53 Å². The highest BCUT2D eigenvalue weighted by atomic mass is 16.5. The van der Waals surface area contributed by atoms with Crippen molar-refractivity contribution < 1.29 is 23.8 Å². The van der Waals surface area contributed by atoms with Crippen molar-refractivity contribution in [2.24, 2.45) is 0 Å². The highest BCUT2D eigenvalue weighted by molar-refractivity contribution is 5.97. The van der Waals surface area contributed by atoms with Gasteiger partial charge in [-0.25, -0.2) is 4.79 Å². The van der Waals surface area contributed by atoms with Crippen molar-refractivity contribution in [1.29, 1.82) is 0 Å². The molecule has 1 saturated heterocycles. The zero-order valence-corrected chi connectivity index (χ0v) is 11.2.